The van der Waals surface area contributed by atoms with Gasteiger partial charge in [-0.1, -0.05) is 152 Å². The van der Waals surface area contributed by atoms with Crippen molar-refractivity contribution in [3.8, 4) is 45.6 Å². The summed E-state index contributed by atoms with van der Waals surface area (Å²) in [6, 6.07) is 58.8. The van der Waals surface area contributed by atoms with Crippen LogP contribution in [0, 0.1) is 0 Å². The van der Waals surface area contributed by atoms with Crippen LogP contribution in [-0.2, 0) is 0 Å². The van der Waals surface area contributed by atoms with Crippen molar-refractivity contribution in [2.24, 2.45) is 0 Å². The molecule has 5 nitrogen and oxygen atoms in total. The van der Waals surface area contributed by atoms with Crippen molar-refractivity contribution in [3.05, 3.63) is 170 Å². The molecule has 0 aliphatic rings. The van der Waals surface area contributed by atoms with Gasteiger partial charge < -0.3 is 4.42 Å². The van der Waals surface area contributed by atoms with Crippen molar-refractivity contribution in [3.63, 3.8) is 0 Å². The van der Waals surface area contributed by atoms with Crippen LogP contribution in [0.15, 0.2) is 174 Å². The lowest BCUT2D eigenvalue weighted by Gasteiger charge is -2.13. The molecule has 0 unspecified atom stereocenters. The molecule has 0 saturated carbocycles. The zero-order valence-electron chi connectivity index (χ0n) is 28.4. The fourth-order valence-electron chi connectivity index (χ4n) is 7.76. The topological polar surface area (TPSA) is 64.7 Å². The fourth-order valence-corrected chi connectivity index (χ4v) is 7.76. The fraction of sp³-hybridized carbons (Fsp3) is 0. The van der Waals surface area contributed by atoms with E-state index < -0.39 is 0 Å². The molecule has 0 aliphatic heterocycles. The number of fused-ring (bicyclic) bond motifs is 10. The lowest BCUT2D eigenvalue weighted by Crippen LogP contribution is -2.00. The SMILES string of the molecule is c1ccc(-c2nc(-c3ccccc3)nc(-c3cccc4c3ccc3ccc5ccc6nc(-c7ccc8ccc9ccccc9c8c7)oc6c5c34)n2)cc1. The lowest BCUT2D eigenvalue weighted by atomic mass is 9.93. The summed E-state index contributed by atoms with van der Waals surface area (Å²) in [7, 11) is 0. The second kappa shape index (κ2) is 11.7. The van der Waals surface area contributed by atoms with Gasteiger partial charge in [0.25, 0.3) is 0 Å². The predicted molar refractivity (Wildman–Crippen MR) is 217 cm³/mol. The first-order chi connectivity index (χ1) is 26.2. The van der Waals surface area contributed by atoms with Crippen LogP contribution in [0.5, 0.6) is 0 Å². The van der Waals surface area contributed by atoms with Gasteiger partial charge in [0.2, 0.25) is 5.89 Å². The molecule has 5 heteroatoms. The van der Waals surface area contributed by atoms with E-state index in [2.05, 4.69) is 109 Å². The molecule has 0 bridgehead atoms. The summed E-state index contributed by atoms with van der Waals surface area (Å²) in [5.74, 6) is 2.50. The van der Waals surface area contributed by atoms with Crippen LogP contribution in [0.3, 0.4) is 0 Å². The first-order valence-corrected chi connectivity index (χ1v) is 17.7. The Labute approximate surface area is 303 Å². The standard InChI is InChI=1S/C48H28N4O/c1-3-11-33(12-4-1)45-50-46(34-13-5-2-6-14-34)52-47(51-45)39-17-9-16-38-37(39)26-24-31-21-22-32-25-27-41-44(43(32)42(31)38)53-48(49-41)35-23-20-30-19-18-29-10-7-8-15-36(29)40(30)28-35/h1-28H. The van der Waals surface area contributed by atoms with Gasteiger partial charge in [-0.2, -0.15) is 0 Å². The summed E-state index contributed by atoms with van der Waals surface area (Å²) in [5.41, 5.74) is 5.36. The average Bonchev–Trinajstić information content (AvgIpc) is 3.68. The number of nitrogens with zero attached hydrogens (tertiary/aromatic N) is 4. The molecule has 0 aliphatic carbocycles. The van der Waals surface area contributed by atoms with Gasteiger partial charge in [-0.25, -0.2) is 19.9 Å². The van der Waals surface area contributed by atoms with Gasteiger partial charge in [0.1, 0.15) is 5.52 Å². The number of aromatic nitrogens is 4. The second-order valence-corrected chi connectivity index (χ2v) is 13.4. The van der Waals surface area contributed by atoms with Gasteiger partial charge >= 0.3 is 0 Å². The highest BCUT2D eigenvalue weighted by atomic mass is 16.3. The van der Waals surface area contributed by atoms with Crippen molar-refractivity contribution in [2.75, 3.05) is 0 Å². The number of hydrogen-bond donors (Lipinski definition) is 0. The average molecular weight is 677 g/mol. The molecule has 11 aromatic rings. The maximum Gasteiger partial charge on any atom is 0.227 e. The molecule has 0 saturated heterocycles. The van der Waals surface area contributed by atoms with E-state index in [-0.39, 0.29) is 0 Å². The number of rotatable bonds is 4. The molecule has 0 radical (unpaired) electrons. The number of oxazole rings is 1. The monoisotopic (exact) mass is 676 g/mol. The molecule has 0 atom stereocenters. The van der Waals surface area contributed by atoms with Gasteiger partial charge in [0.05, 0.1) is 0 Å². The van der Waals surface area contributed by atoms with E-state index in [0.29, 0.717) is 23.4 Å². The van der Waals surface area contributed by atoms with Crippen LogP contribution in [0.25, 0.3) is 111 Å². The van der Waals surface area contributed by atoms with Crippen molar-refractivity contribution in [1.82, 2.24) is 19.9 Å². The highest BCUT2D eigenvalue weighted by Crippen LogP contribution is 2.41. The van der Waals surface area contributed by atoms with E-state index in [0.717, 1.165) is 65.7 Å². The van der Waals surface area contributed by atoms with Gasteiger partial charge in [-0.05, 0) is 61.3 Å². The van der Waals surface area contributed by atoms with Crippen LogP contribution < -0.4 is 0 Å². The molecular formula is C48H28N4O. The number of benzene rings is 9. The molecule has 0 spiro atoms. The zero-order valence-corrected chi connectivity index (χ0v) is 28.4. The Kier molecular flexibility index (Phi) is 6.48. The largest absolute Gasteiger partial charge is 0.435 e. The number of hydrogen-bond acceptors (Lipinski definition) is 5. The summed E-state index contributed by atoms with van der Waals surface area (Å²) < 4.78 is 6.79. The first kappa shape index (κ1) is 29.5. The van der Waals surface area contributed by atoms with Gasteiger partial charge in [-0.3, -0.25) is 0 Å². The Morgan fingerprint density at radius 1 is 0.340 bits per heavy atom. The summed E-state index contributed by atoms with van der Waals surface area (Å²) in [5, 5.41) is 11.3. The Balaban J connectivity index is 1.14. The molecule has 0 N–H and O–H groups in total. The van der Waals surface area contributed by atoms with Gasteiger partial charge in [0.15, 0.2) is 23.1 Å². The van der Waals surface area contributed by atoms with Crippen LogP contribution in [-0.4, -0.2) is 19.9 Å². The minimum atomic E-state index is 0.604. The summed E-state index contributed by atoms with van der Waals surface area (Å²) >= 11 is 0. The molecule has 53 heavy (non-hydrogen) atoms. The molecule has 0 amide bonds. The van der Waals surface area contributed by atoms with Crippen LogP contribution >= 0.6 is 0 Å². The molecule has 9 aromatic carbocycles. The van der Waals surface area contributed by atoms with Crippen molar-refractivity contribution < 1.29 is 4.42 Å². The van der Waals surface area contributed by atoms with E-state index in [9.17, 15) is 0 Å². The third-order valence-electron chi connectivity index (χ3n) is 10.3. The summed E-state index contributed by atoms with van der Waals surface area (Å²) in [6.45, 7) is 0. The summed E-state index contributed by atoms with van der Waals surface area (Å²) in [6.07, 6.45) is 0. The molecule has 2 heterocycles. The quantitative estimate of drug-likeness (QED) is 0.174. The molecule has 11 rings (SSSR count). The Bertz CT molecular complexity index is 3170. The Morgan fingerprint density at radius 2 is 0.925 bits per heavy atom. The van der Waals surface area contributed by atoms with Crippen molar-refractivity contribution >= 4 is 65.0 Å². The highest BCUT2D eigenvalue weighted by molar-refractivity contribution is 6.27. The maximum absolute atomic E-state index is 6.79. The van der Waals surface area contributed by atoms with E-state index in [1.807, 2.05) is 60.7 Å². The normalized spacial score (nSPS) is 11.8. The Hall–Kier alpha value is -7.24. The van der Waals surface area contributed by atoms with E-state index in [1.165, 1.54) is 21.5 Å². The van der Waals surface area contributed by atoms with E-state index >= 15 is 0 Å². The second-order valence-electron chi connectivity index (χ2n) is 13.4. The van der Waals surface area contributed by atoms with Crippen molar-refractivity contribution in [2.45, 2.75) is 0 Å². The molecule has 0 fully saturated rings. The molecule has 246 valence electrons. The van der Waals surface area contributed by atoms with Crippen LogP contribution in [0.2, 0.25) is 0 Å². The van der Waals surface area contributed by atoms with Gasteiger partial charge in [0, 0.05) is 33.0 Å². The van der Waals surface area contributed by atoms with Crippen LogP contribution in [0.1, 0.15) is 0 Å². The van der Waals surface area contributed by atoms with Gasteiger partial charge in [-0.15, -0.1) is 0 Å². The molecular weight excluding hydrogens is 649 g/mol. The Morgan fingerprint density at radius 3 is 1.70 bits per heavy atom. The predicted octanol–water partition coefficient (Wildman–Crippen LogP) is 12.4. The maximum atomic E-state index is 6.79. The third kappa shape index (κ3) is 4.79. The molecule has 2 aromatic heterocycles. The first-order valence-electron chi connectivity index (χ1n) is 17.7. The minimum Gasteiger partial charge on any atom is -0.435 e. The summed E-state index contributed by atoms with van der Waals surface area (Å²) in [4.78, 5) is 20.1. The van der Waals surface area contributed by atoms with E-state index in [4.69, 9.17) is 24.4 Å². The minimum absolute atomic E-state index is 0.604. The third-order valence-corrected chi connectivity index (χ3v) is 10.3. The lowest BCUT2D eigenvalue weighted by molar-refractivity contribution is 0.623. The smallest absolute Gasteiger partial charge is 0.227 e. The highest BCUT2D eigenvalue weighted by Gasteiger charge is 2.19. The zero-order chi connectivity index (χ0) is 34.9. The van der Waals surface area contributed by atoms with E-state index in [1.54, 1.807) is 0 Å². The van der Waals surface area contributed by atoms with Crippen molar-refractivity contribution in [1.29, 1.82) is 0 Å². The van der Waals surface area contributed by atoms with Crippen LogP contribution in [0.4, 0.5) is 0 Å².